The molecule has 1 atom stereocenters. The van der Waals surface area contributed by atoms with Crippen LogP contribution in [0.3, 0.4) is 0 Å². The van der Waals surface area contributed by atoms with Gasteiger partial charge in [0.1, 0.15) is 17.4 Å². The minimum atomic E-state index is -0.607. The first kappa shape index (κ1) is 14.0. The summed E-state index contributed by atoms with van der Waals surface area (Å²) in [5.74, 6) is -1.04. The minimum Gasteiger partial charge on any atom is -0.497 e. The van der Waals surface area contributed by atoms with E-state index in [0.717, 1.165) is 10.4 Å². The number of ether oxygens (including phenoxy) is 1. The summed E-state index contributed by atoms with van der Waals surface area (Å²) in [4.78, 5) is 0.908. The highest BCUT2D eigenvalue weighted by molar-refractivity contribution is 7.10. The Labute approximate surface area is 115 Å². The monoisotopic (exact) mass is 283 g/mol. The Bertz CT molecular complexity index is 560. The Morgan fingerprint density at radius 1 is 1.26 bits per heavy atom. The Kier molecular flexibility index (Phi) is 4.17. The average molecular weight is 283 g/mol. The van der Waals surface area contributed by atoms with Crippen LogP contribution >= 0.6 is 11.3 Å². The number of hydrogen-bond donors (Lipinski definition) is 1. The summed E-state index contributed by atoms with van der Waals surface area (Å²) in [5.41, 5.74) is 1.04. The molecular weight excluding hydrogens is 268 g/mol. The molecule has 0 amide bonds. The van der Waals surface area contributed by atoms with Crippen LogP contribution in [0.1, 0.15) is 22.0 Å². The number of rotatable bonds is 4. The summed E-state index contributed by atoms with van der Waals surface area (Å²) in [6, 6.07) is 3.84. The molecule has 0 aliphatic rings. The number of methoxy groups -OCH3 is 1. The molecule has 2 nitrogen and oxygen atoms in total. The highest BCUT2D eigenvalue weighted by atomic mass is 32.1. The standard InChI is InChI=1S/C14H15F2NOS/c1-8-4-5-19-14(8)13(17-2)12-10(15)6-9(18-3)7-11(12)16/h4-7,13,17H,1-3H3. The molecule has 1 aromatic carbocycles. The van der Waals surface area contributed by atoms with Crippen LogP contribution in [-0.2, 0) is 0 Å². The summed E-state index contributed by atoms with van der Waals surface area (Å²) in [6.45, 7) is 1.93. The van der Waals surface area contributed by atoms with Gasteiger partial charge in [-0.1, -0.05) is 0 Å². The first-order chi connectivity index (χ1) is 9.08. The second kappa shape index (κ2) is 5.67. The molecule has 2 rings (SSSR count). The van der Waals surface area contributed by atoms with Crippen LogP contribution in [0, 0.1) is 18.6 Å². The SMILES string of the molecule is CNC(c1sccc1C)c1c(F)cc(OC)cc1F. The maximum Gasteiger partial charge on any atom is 0.134 e. The van der Waals surface area contributed by atoms with Crippen LogP contribution < -0.4 is 10.1 Å². The lowest BCUT2D eigenvalue weighted by Gasteiger charge is -2.18. The van der Waals surface area contributed by atoms with Crippen molar-refractivity contribution < 1.29 is 13.5 Å². The third-order valence-corrected chi connectivity index (χ3v) is 4.11. The number of halogens is 2. The van der Waals surface area contributed by atoms with Gasteiger partial charge in [-0.25, -0.2) is 8.78 Å². The predicted molar refractivity (Wildman–Crippen MR) is 72.9 cm³/mol. The van der Waals surface area contributed by atoms with E-state index in [4.69, 9.17) is 4.74 Å². The van der Waals surface area contributed by atoms with E-state index in [9.17, 15) is 8.78 Å². The van der Waals surface area contributed by atoms with Crippen LogP contribution in [0.15, 0.2) is 23.6 Å². The van der Waals surface area contributed by atoms with Crippen molar-refractivity contribution in [1.82, 2.24) is 5.32 Å². The van der Waals surface area contributed by atoms with Crippen LogP contribution in [-0.4, -0.2) is 14.2 Å². The van der Waals surface area contributed by atoms with Crippen molar-refractivity contribution in [2.24, 2.45) is 0 Å². The molecule has 102 valence electrons. The van der Waals surface area contributed by atoms with Crippen molar-refractivity contribution in [3.8, 4) is 5.75 Å². The highest BCUT2D eigenvalue weighted by Gasteiger charge is 2.23. The van der Waals surface area contributed by atoms with Gasteiger partial charge >= 0.3 is 0 Å². The number of nitrogens with one attached hydrogen (secondary N) is 1. The zero-order valence-corrected chi connectivity index (χ0v) is 11.8. The van der Waals surface area contributed by atoms with E-state index in [1.54, 1.807) is 7.05 Å². The fourth-order valence-corrected chi connectivity index (χ4v) is 3.09. The van der Waals surface area contributed by atoms with E-state index in [2.05, 4.69) is 5.32 Å². The van der Waals surface area contributed by atoms with Gasteiger partial charge in [-0.15, -0.1) is 11.3 Å². The molecule has 2 aromatic rings. The zero-order valence-electron chi connectivity index (χ0n) is 11.0. The van der Waals surface area contributed by atoms with Crippen molar-refractivity contribution in [2.75, 3.05) is 14.2 Å². The highest BCUT2D eigenvalue weighted by Crippen LogP contribution is 2.33. The van der Waals surface area contributed by atoms with Gasteiger partial charge in [0.15, 0.2) is 0 Å². The second-order valence-corrected chi connectivity index (χ2v) is 5.14. The molecule has 0 aliphatic heterocycles. The lowest BCUT2D eigenvalue weighted by molar-refractivity contribution is 0.403. The van der Waals surface area contributed by atoms with Crippen molar-refractivity contribution in [3.05, 3.63) is 51.2 Å². The van der Waals surface area contributed by atoms with E-state index >= 15 is 0 Å². The quantitative estimate of drug-likeness (QED) is 0.924. The topological polar surface area (TPSA) is 21.3 Å². The van der Waals surface area contributed by atoms with Crippen molar-refractivity contribution >= 4 is 11.3 Å². The summed E-state index contributed by atoms with van der Waals surface area (Å²) >= 11 is 1.48. The largest absolute Gasteiger partial charge is 0.497 e. The molecule has 1 heterocycles. The summed E-state index contributed by atoms with van der Waals surface area (Å²) < 4.78 is 33.1. The molecule has 0 fully saturated rings. The van der Waals surface area contributed by atoms with E-state index < -0.39 is 17.7 Å². The molecule has 1 N–H and O–H groups in total. The Morgan fingerprint density at radius 3 is 2.32 bits per heavy atom. The van der Waals surface area contributed by atoms with Crippen LogP contribution in [0.5, 0.6) is 5.75 Å². The van der Waals surface area contributed by atoms with Crippen molar-refractivity contribution in [1.29, 1.82) is 0 Å². The van der Waals surface area contributed by atoms with Crippen LogP contribution in [0.2, 0.25) is 0 Å². The summed E-state index contributed by atoms with van der Waals surface area (Å²) in [6.07, 6.45) is 0. The first-order valence-corrected chi connectivity index (χ1v) is 6.70. The minimum absolute atomic E-state index is 0.0221. The normalized spacial score (nSPS) is 12.5. The fraction of sp³-hybridized carbons (Fsp3) is 0.286. The van der Waals surface area contributed by atoms with Gasteiger partial charge in [-0.05, 0) is 31.0 Å². The Balaban J connectivity index is 2.53. The molecule has 0 aliphatic carbocycles. The molecule has 19 heavy (non-hydrogen) atoms. The first-order valence-electron chi connectivity index (χ1n) is 5.82. The van der Waals surface area contributed by atoms with Gasteiger partial charge in [-0.2, -0.15) is 0 Å². The number of benzene rings is 1. The molecule has 0 bridgehead atoms. The Morgan fingerprint density at radius 2 is 1.89 bits per heavy atom. The molecule has 0 saturated carbocycles. The maximum atomic E-state index is 14.1. The van der Waals surface area contributed by atoms with Gasteiger partial charge < -0.3 is 10.1 Å². The molecule has 0 saturated heterocycles. The number of aryl methyl sites for hydroxylation is 1. The smallest absolute Gasteiger partial charge is 0.134 e. The Hall–Kier alpha value is -1.46. The third-order valence-electron chi connectivity index (χ3n) is 3.03. The summed E-state index contributed by atoms with van der Waals surface area (Å²) in [7, 11) is 3.07. The van der Waals surface area contributed by atoms with Gasteiger partial charge in [0.2, 0.25) is 0 Å². The van der Waals surface area contributed by atoms with Crippen LogP contribution in [0.25, 0.3) is 0 Å². The lowest BCUT2D eigenvalue weighted by Crippen LogP contribution is -2.20. The van der Waals surface area contributed by atoms with Gasteiger partial charge in [0, 0.05) is 22.6 Å². The van der Waals surface area contributed by atoms with E-state index in [1.165, 1.54) is 30.6 Å². The lowest BCUT2D eigenvalue weighted by atomic mass is 10.0. The van der Waals surface area contributed by atoms with Crippen molar-refractivity contribution in [3.63, 3.8) is 0 Å². The van der Waals surface area contributed by atoms with E-state index in [1.807, 2.05) is 18.4 Å². The van der Waals surface area contributed by atoms with Gasteiger partial charge in [0.25, 0.3) is 0 Å². The van der Waals surface area contributed by atoms with Gasteiger partial charge in [0.05, 0.1) is 13.2 Å². The molecular formula is C14H15F2NOS. The number of hydrogen-bond acceptors (Lipinski definition) is 3. The van der Waals surface area contributed by atoms with Gasteiger partial charge in [-0.3, -0.25) is 0 Å². The summed E-state index contributed by atoms with van der Waals surface area (Å²) in [5, 5.41) is 4.88. The molecule has 0 radical (unpaired) electrons. The van der Waals surface area contributed by atoms with Crippen LogP contribution in [0.4, 0.5) is 8.78 Å². The molecule has 5 heteroatoms. The van der Waals surface area contributed by atoms with E-state index in [-0.39, 0.29) is 11.3 Å². The molecule has 0 spiro atoms. The second-order valence-electron chi connectivity index (χ2n) is 4.19. The van der Waals surface area contributed by atoms with E-state index in [0.29, 0.717) is 0 Å². The third kappa shape index (κ3) is 2.62. The van der Waals surface area contributed by atoms with Crippen molar-refractivity contribution in [2.45, 2.75) is 13.0 Å². The average Bonchev–Trinajstić information content (AvgIpc) is 2.79. The number of thiophene rings is 1. The maximum absolute atomic E-state index is 14.1. The molecule has 1 aromatic heterocycles. The zero-order chi connectivity index (χ0) is 14.0. The fourth-order valence-electron chi connectivity index (χ4n) is 2.04. The molecule has 1 unspecified atom stereocenters. The predicted octanol–water partition coefficient (Wildman–Crippen LogP) is 3.65.